The van der Waals surface area contributed by atoms with Gasteiger partial charge in [0.15, 0.2) is 0 Å². The van der Waals surface area contributed by atoms with Crippen molar-refractivity contribution in [3.8, 4) is 0 Å². The van der Waals surface area contributed by atoms with Gasteiger partial charge in [0.25, 0.3) is 0 Å². The van der Waals surface area contributed by atoms with E-state index in [4.69, 9.17) is 5.73 Å². The van der Waals surface area contributed by atoms with Gasteiger partial charge in [-0.2, -0.15) is 0 Å². The molecule has 0 aromatic heterocycles. The lowest BCUT2D eigenvalue weighted by Crippen LogP contribution is -2.45. The van der Waals surface area contributed by atoms with E-state index in [9.17, 15) is 13.9 Å². The van der Waals surface area contributed by atoms with Crippen molar-refractivity contribution in [2.75, 3.05) is 6.54 Å². The molecule has 3 nitrogen and oxygen atoms in total. The van der Waals surface area contributed by atoms with Gasteiger partial charge >= 0.3 is 0 Å². The van der Waals surface area contributed by atoms with Crippen LogP contribution in [-0.2, 0) is 6.42 Å². The van der Waals surface area contributed by atoms with Crippen LogP contribution in [0.15, 0.2) is 18.2 Å². The van der Waals surface area contributed by atoms with Gasteiger partial charge in [0.1, 0.15) is 11.6 Å². The molecule has 1 aromatic rings. The molecule has 1 aromatic carbocycles. The molecule has 4 N–H and O–H groups in total. The highest BCUT2D eigenvalue weighted by molar-refractivity contribution is 5.85. The number of nitrogens with two attached hydrogens (primary N) is 1. The fourth-order valence-corrected chi connectivity index (χ4v) is 2.54. The molecule has 0 amide bonds. The molecule has 0 aliphatic carbocycles. The van der Waals surface area contributed by atoms with E-state index in [1.165, 1.54) is 18.6 Å². The predicted molar refractivity (Wildman–Crippen MR) is 105 cm³/mol. The van der Waals surface area contributed by atoms with Crippen LogP contribution in [0.4, 0.5) is 8.78 Å². The molecule has 0 saturated carbocycles. The first-order chi connectivity index (χ1) is 10.8. The van der Waals surface area contributed by atoms with E-state index >= 15 is 0 Å². The summed E-state index contributed by atoms with van der Waals surface area (Å²) in [6.45, 7) is 6.87. The summed E-state index contributed by atoms with van der Waals surface area (Å²) < 4.78 is 26.3. The van der Waals surface area contributed by atoms with Crippen LogP contribution in [0.1, 0.15) is 45.6 Å². The quantitative estimate of drug-likeness (QED) is 0.558. The zero-order valence-electron chi connectivity index (χ0n) is 15.2. The highest BCUT2D eigenvalue weighted by Gasteiger charge is 2.17. The largest absolute Gasteiger partial charge is 0.390 e. The molecule has 0 aliphatic heterocycles. The van der Waals surface area contributed by atoms with Gasteiger partial charge < -0.3 is 16.2 Å². The Morgan fingerprint density at radius 3 is 2.12 bits per heavy atom. The second-order valence-electron chi connectivity index (χ2n) is 6.85. The Kier molecular flexibility index (Phi) is 14.7. The maximum absolute atomic E-state index is 13.2. The predicted octanol–water partition coefficient (Wildman–Crippen LogP) is 3.84. The molecule has 25 heavy (non-hydrogen) atoms. The molecule has 0 heterocycles. The number of aliphatic hydroxyl groups is 1. The first kappa shape index (κ1) is 26.8. The summed E-state index contributed by atoms with van der Waals surface area (Å²) in [5, 5.41) is 13.4. The smallest absolute Gasteiger partial charge is 0.126 e. The number of halogens is 4. The first-order valence-electron chi connectivity index (χ1n) is 8.40. The third-order valence-corrected chi connectivity index (χ3v) is 3.98. The van der Waals surface area contributed by atoms with E-state index in [1.54, 1.807) is 0 Å². The molecule has 1 unspecified atom stereocenters. The van der Waals surface area contributed by atoms with Gasteiger partial charge in [-0.15, -0.1) is 24.8 Å². The lowest BCUT2D eigenvalue weighted by molar-refractivity contribution is 0.137. The summed E-state index contributed by atoms with van der Waals surface area (Å²) in [6, 6.07) is 3.06. The highest BCUT2D eigenvalue weighted by Crippen LogP contribution is 2.11. The average molecular weight is 401 g/mol. The third kappa shape index (κ3) is 11.7. The van der Waals surface area contributed by atoms with Gasteiger partial charge in [-0.25, -0.2) is 8.78 Å². The maximum Gasteiger partial charge on any atom is 0.126 e. The van der Waals surface area contributed by atoms with Crippen molar-refractivity contribution >= 4 is 24.8 Å². The number of hydrogen-bond acceptors (Lipinski definition) is 3. The van der Waals surface area contributed by atoms with E-state index in [-0.39, 0.29) is 31.2 Å². The number of rotatable bonds is 10. The van der Waals surface area contributed by atoms with Crippen molar-refractivity contribution < 1.29 is 13.9 Å². The van der Waals surface area contributed by atoms with Crippen molar-refractivity contribution in [2.24, 2.45) is 11.7 Å². The molecule has 0 radical (unpaired) electrons. The lowest BCUT2D eigenvalue weighted by Gasteiger charge is -2.22. The molecule has 1 rings (SSSR count). The SMILES string of the molecule is CC(C)CCCC(C)NC[C@@H](O)[C@@H](N)Cc1cc(F)cc(F)c1.Cl.Cl. The minimum atomic E-state index is -0.756. The summed E-state index contributed by atoms with van der Waals surface area (Å²) in [5.41, 5.74) is 6.40. The van der Waals surface area contributed by atoms with Crippen LogP contribution in [-0.4, -0.2) is 29.8 Å². The Labute approximate surface area is 162 Å². The Morgan fingerprint density at radius 1 is 1.04 bits per heavy atom. The molecular formula is C18H32Cl2F2N2O. The van der Waals surface area contributed by atoms with Gasteiger partial charge in [0.2, 0.25) is 0 Å². The molecule has 0 spiro atoms. The van der Waals surface area contributed by atoms with E-state index in [2.05, 4.69) is 26.1 Å². The number of aliphatic hydroxyl groups excluding tert-OH is 1. The second kappa shape index (κ2) is 13.7. The van der Waals surface area contributed by atoms with E-state index in [1.807, 2.05) is 0 Å². The highest BCUT2D eigenvalue weighted by atomic mass is 35.5. The minimum Gasteiger partial charge on any atom is -0.390 e. The maximum atomic E-state index is 13.2. The van der Waals surface area contributed by atoms with Crippen LogP contribution in [0.5, 0.6) is 0 Å². The molecule has 7 heteroatoms. The van der Waals surface area contributed by atoms with Crippen molar-refractivity contribution in [1.29, 1.82) is 0 Å². The minimum absolute atomic E-state index is 0. The van der Waals surface area contributed by atoms with Crippen molar-refractivity contribution in [2.45, 2.75) is 64.6 Å². The van der Waals surface area contributed by atoms with Gasteiger partial charge in [0.05, 0.1) is 6.10 Å². The standard InChI is InChI=1S/C18H30F2N2O.2ClH/c1-12(2)5-4-6-13(3)22-11-18(23)17(21)9-14-7-15(19)10-16(20)8-14;;/h7-8,10,12-13,17-18,22-23H,4-6,9,11,21H2,1-3H3;2*1H/t13?,17-,18+;;/m0../s1. The number of nitrogens with one attached hydrogen (secondary N) is 1. The first-order valence-corrected chi connectivity index (χ1v) is 8.40. The second-order valence-corrected chi connectivity index (χ2v) is 6.85. The monoisotopic (exact) mass is 400 g/mol. The topological polar surface area (TPSA) is 58.3 Å². The van der Waals surface area contributed by atoms with Crippen molar-refractivity contribution in [1.82, 2.24) is 5.32 Å². The average Bonchev–Trinajstić information content (AvgIpc) is 2.43. The van der Waals surface area contributed by atoms with Crippen LogP contribution in [0.25, 0.3) is 0 Å². The van der Waals surface area contributed by atoms with Gasteiger partial charge in [-0.1, -0.05) is 26.7 Å². The van der Waals surface area contributed by atoms with Crippen LogP contribution in [0, 0.1) is 17.6 Å². The molecule has 148 valence electrons. The fraction of sp³-hybridized carbons (Fsp3) is 0.667. The summed E-state index contributed by atoms with van der Waals surface area (Å²) in [4.78, 5) is 0. The Balaban J connectivity index is 0. The Morgan fingerprint density at radius 2 is 1.60 bits per heavy atom. The van der Waals surface area contributed by atoms with Crippen LogP contribution in [0.3, 0.4) is 0 Å². The van der Waals surface area contributed by atoms with E-state index in [0.29, 0.717) is 24.1 Å². The Bertz CT molecular complexity index is 458. The zero-order valence-corrected chi connectivity index (χ0v) is 16.8. The summed E-state index contributed by atoms with van der Waals surface area (Å²) in [5.74, 6) is -0.551. The molecular weight excluding hydrogens is 369 g/mol. The lowest BCUT2D eigenvalue weighted by atomic mass is 10.0. The van der Waals surface area contributed by atoms with Crippen LogP contribution >= 0.6 is 24.8 Å². The number of benzene rings is 1. The third-order valence-electron chi connectivity index (χ3n) is 3.98. The normalized spacial score (nSPS) is 14.4. The van der Waals surface area contributed by atoms with Crippen LogP contribution in [0.2, 0.25) is 0 Å². The molecule has 0 saturated heterocycles. The molecule has 0 aliphatic rings. The van der Waals surface area contributed by atoms with Crippen molar-refractivity contribution in [3.05, 3.63) is 35.4 Å². The molecule has 0 fully saturated rings. The zero-order chi connectivity index (χ0) is 17.4. The molecule has 0 bridgehead atoms. The summed E-state index contributed by atoms with van der Waals surface area (Å²) >= 11 is 0. The fourth-order valence-electron chi connectivity index (χ4n) is 2.54. The van der Waals surface area contributed by atoms with Gasteiger partial charge in [-0.05, 0) is 43.4 Å². The van der Waals surface area contributed by atoms with E-state index < -0.39 is 23.8 Å². The van der Waals surface area contributed by atoms with Crippen molar-refractivity contribution in [3.63, 3.8) is 0 Å². The van der Waals surface area contributed by atoms with Crippen LogP contribution < -0.4 is 11.1 Å². The molecule has 3 atom stereocenters. The summed E-state index contributed by atoms with van der Waals surface area (Å²) in [6.07, 6.45) is 2.87. The van der Waals surface area contributed by atoms with Gasteiger partial charge in [-0.3, -0.25) is 0 Å². The van der Waals surface area contributed by atoms with E-state index in [0.717, 1.165) is 18.9 Å². The number of hydrogen-bond donors (Lipinski definition) is 3. The Hall–Kier alpha value is -0.460. The summed E-state index contributed by atoms with van der Waals surface area (Å²) in [7, 11) is 0. The van der Waals surface area contributed by atoms with Gasteiger partial charge in [0, 0.05) is 24.7 Å².